The molecule has 1 fully saturated rings. The van der Waals surface area contributed by atoms with E-state index in [2.05, 4.69) is 32.9 Å². The van der Waals surface area contributed by atoms with Crippen molar-refractivity contribution in [1.29, 1.82) is 0 Å². The van der Waals surface area contributed by atoms with E-state index in [4.69, 9.17) is 10.6 Å². The number of dihydropyridines is 1. The van der Waals surface area contributed by atoms with Crippen molar-refractivity contribution in [3.8, 4) is 11.8 Å². The predicted octanol–water partition coefficient (Wildman–Crippen LogP) is 1.44. The molecule has 2 unspecified atom stereocenters. The van der Waals surface area contributed by atoms with E-state index in [9.17, 15) is 18.4 Å². The van der Waals surface area contributed by atoms with Gasteiger partial charge in [-0.1, -0.05) is 11.8 Å². The second kappa shape index (κ2) is 12.7. The van der Waals surface area contributed by atoms with Crippen LogP contribution >= 0.6 is 11.8 Å². The number of allylic oxidation sites excluding steroid dienone is 1. The Kier molecular flexibility index (Phi) is 9.69. The average Bonchev–Trinajstić information content (AvgIpc) is 3.69. The van der Waals surface area contributed by atoms with Gasteiger partial charge in [0, 0.05) is 43.5 Å². The number of amides is 2. The van der Waals surface area contributed by atoms with Gasteiger partial charge in [0.2, 0.25) is 5.91 Å². The molecule has 5 N–H and O–H groups in total. The molecule has 2 atom stereocenters. The number of hydrazine groups is 1. The van der Waals surface area contributed by atoms with Gasteiger partial charge < -0.3 is 20.3 Å². The van der Waals surface area contributed by atoms with Crippen LogP contribution in [0.25, 0.3) is 5.57 Å². The lowest BCUT2D eigenvalue weighted by molar-refractivity contribution is -0.128. The molecule has 2 heterocycles. The third-order valence-corrected chi connectivity index (χ3v) is 6.36. The van der Waals surface area contributed by atoms with E-state index >= 15 is 0 Å². The lowest BCUT2D eigenvalue weighted by atomic mass is 9.94. The first-order chi connectivity index (χ1) is 17.2. The predicted molar refractivity (Wildman–Crippen MR) is 134 cm³/mol. The van der Waals surface area contributed by atoms with E-state index in [1.807, 2.05) is 0 Å². The minimum Gasteiger partial charge on any atom is -0.495 e. The number of methoxy groups -OCH3 is 1. The second-order valence-corrected chi connectivity index (χ2v) is 9.53. The zero-order valence-electron chi connectivity index (χ0n) is 20.3. The van der Waals surface area contributed by atoms with E-state index in [0.717, 1.165) is 12.8 Å². The number of aromatic nitrogens is 1. The van der Waals surface area contributed by atoms with Crippen LogP contribution in [0.3, 0.4) is 0 Å². The standard InChI is InChI=1S/C24H30F2N6O3S/c1-32(2)22(33)9-15-8-16(17-10-19(23(25)26)29-12-20(17)35-3)18(11-28-15)24(34)30-13-36-21(31-27)7-6-14-4-5-14/h8,10-12,14,19,21,23,29,31H,4-5,9,13,27H2,1-3H3,(H,30,34). The fourth-order valence-corrected chi connectivity index (χ4v) is 3.88. The molecule has 1 aliphatic carbocycles. The molecule has 194 valence electrons. The van der Waals surface area contributed by atoms with Crippen molar-refractivity contribution >= 4 is 29.1 Å². The van der Waals surface area contributed by atoms with Gasteiger partial charge in [0.05, 0.1) is 30.7 Å². The summed E-state index contributed by atoms with van der Waals surface area (Å²) in [7, 11) is 4.64. The van der Waals surface area contributed by atoms with Crippen LogP contribution in [0.5, 0.6) is 0 Å². The summed E-state index contributed by atoms with van der Waals surface area (Å²) in [5.41, 5.74) is 3.78. The van der Waals surface area contributed by atoms with Crippen LogP contribution in [0.2, 0.25) is 0 Å². The number of hydrogen-bond acceptors (Lipinski definition) is 8. The molecule has 9 nitrogen and oxygen atoms in total. The fourth-order valence-electron chi connectivity index (χ4n) is 3.25. The SMILES string of the molecule is COC1=CNC(C(F)F)C=C1c1cc(CC(=O)N(C)C)ncc1C(=O)NCSC(C#CC1CC1)NN. The summed E-state index contributed by atoms with van der Waals surface area (Å²) < 4.78 is 32.3. The number of ether oxygens (including phenoxy) is 1. The number of nitrogens with one attached hydrogen (secondary N) is 3. The summed E-state index contributed by atoms with van der Waals surface area (Å²) >= 11 is 1.31. The molecule has 36 heavy (non-hydrogen) atoms. The van der Waals surface area contributed by atoms with Crippen molar-refractivity contribution in [2.24, 2.45) is 11.8 Å². The monoisotopic (exact) mass is 520 g/mol. The van der Waals surface area contributed by atoms with Crippen LogP contribution in [-0.2, 0) is 16.0 Å². The van der Waals surface area contributed by atoms with Gasteiger partial charge in [-0.2, -0.15) is 0 Å². The summed E-state index contributed by atoms with van der Waals surface area (Å²) in [5, 5.41) is 5.01. The Morgan fingerprint density at radius 1 is 1.39 bits per heavy atom. The lowest BCUT2D eigenvalue weighted by Crippen LogP contribution is -2.34. The Labute approximate surface area is 213 Å². The molecule has 1 aromatic heterocycles. The molecule has 0 bridgehead atoms. The minimum absolute atomic E-state index is 0.0168. The first kappa shape index (κ1) is 27.4. The largest absolute Gasteiger partial charge is 0.495 e. The first-order valence-electron chi connectivity index (χ1n) is 11.3. The number of likely N-dealkylation sites (N-methyl/N-ethyl adjacent to an activating group) is 1. The summed E-state index contributed by atoms with van der Waals surface area (Å²) in [5.74, 6) is 11.9. The van der Waals surface area contributed by atoms with Crippen LogP contribution in [0, 0.1) is 17.8 Å². The van der Waals surface area contributed by atoms with Gasteiger partial charge in [0.25, 0.3) is 12.3 Å². The quantitative estimate of drug-likeness (QED) is 0.158. The Morgan fingerprint density at radius 2 is 2.14 bits per heavy atom. The number of thioether (sulfide) groups is 1. The van der Waals surface area contributed by atoms with Crippen molar-refractivity contribution in [2.75, 3.05) is 27.1 Å². The Balaban J connectivity index is 1.87. The number of nitrogens with zero attached hydrogens (tertiary/aromatic N) is 2. The molecule has 2 amide bonds. The summed E-state index contributed by atoms with van der Waals surface area (Å²) in [6, 6.07) is 0.285. The van der Waals surface area contributed by atoms with E-state index in [1.165, 1.54) is 42.2 Å². The van der Waals surface area contributed by atoms with Crippen LogP contribution in [0.15, 0.2) is 30.3 Å². The average molecular weight is 521 g/mol. The Bertz CT molecular complexity index is 1100. The highest BCUT2D eigenvalue weighted by Gasteiger charge is 2.27. The van der Waals surface area contributed by atoms with Gasteiger partial charge in [0.1, 0.15) is 17.2 Å². The molecule has 12 heteroatoms. The van der Waals surface area contributed by atoms with E-state index in [0.29, 0.717) is 22.7 Å². The molecule has 0 radical (unpaired) electrons. The molecule has 0 spiro atoms. The van der Waals surface area contributed by atoms with Crippen molar-refractivity contribution in [2.45, 2.75) is 37.1 Å². The van der Waals surface area contributed by atoms with Gasteiger partial charge in [-0.3, -0.25) is 20.4 Å². The van der Waals surface area contributed by atoms with Gasteiger partial charge >= 0.3 is 0 Å². The molecule has 0 saturated heterocycles. The van der Waals surface area contributed by atoms with E-state index < -0.39 is 18.4 Å². The Morgan fingerprint density at radius 3 is 2.75 bits per heavy atom. The molecule has 1 saturated carbocycles. The first-order valence-corrected chi connectivity index (χ1v) is 12.3. The topological polar surface area (TPSA) is 122 Å². The molecular weight excluding hydrogens is 490 g/mol. The molecule has 0 aromatic carbocycles. The summed E-state index contributed by atoms with van der Waals surface area (Å²) in [6.45, 7) is 0. The van der Waals surface area contributed by atoms with Gasteiger partial charge in [-0.05, 0) is 25.0 Å². The van der Waals surface area contributed by atoms with Crippen LogP contribution < -0.4 is 21.9 Å². The second-order valence-electron chi connectivity index (χ2n) is 8.43. The molecule has 1 aliphatic heterocycles. The molecule has 2 aliphatic rings. The number of pyridine rings is 1. The van der Waals surface area contributed by atoms with Gasteiger partial charge in [0.15, 0.2) is 0 Å². The third-order valence-electron chi connectivity index (χ3n) is 5.47. The van der Waals surface area contributed by atoms with E-state index in [-0.39, 0.29) is 34.9 Å². The number of halogens is 2. The van der Waals surface area contributed by atoms with Crippen LogP contribution in [0.4, 0.5) is 8.78 Å². The van der Waals surface area contributed by atoms with Crippen molar-refractivity contribution in [1.82, 2.24) is 25.9 Å². The third kappa shape index (κ3) is 7.43. The number of carbonyl (C=O) groups excluding carboxylic acids is 2. The van der Waals surface area contributed by atoms with Crippen molar-refractivity contribution < 1.29 is 23.1 Å². The highest BCUT2D eigenvalue weighted by molar-refractivity contribution is 8.00. The molecular formula is C24H30F2N6O3S. The van der Waals surface area contributed by atoms with Crippen LogP contribution in [0.1, 0.15) is 34.5 Å². The minimum atomic E-state index is -2.68. The lowest BCUT2D eigenvalue weighted by Gasteiger charge is -2.24. The highest BCUT2D eigenvalue weighted by atomic mass is 32.2. The fraction of sp³-hybridized carbons (Fsp3) is 0.458. The smallest absolute Gasteiger partial charge is 0.261 e. The Hall–Kier alpha value is -3.14. The zero-order chi connectivity index (χ0) is 26.2. The zero-order valence-corrected chi connectivity index (χ0v) is 21.1. The van der Waals surface area contributed by atoms with Gasteiger partial charge in [-0.15, -0.1) is 11.8 Å². The summed E-state index contributed by atoms with van der Waals surface area (Å²) in [4.78, 5) is 31.1. The maximum absolute atomic E-state index is 13.5. The van der Waals surface area contributed by atoms with Gasteiger partial charge in [-0.25, -0.2) is 14.2 Å². The van der Waals surface area contributed by atoms with Crippen LogP contribution in [-0.4, -0.2) is 66.6 Å². The number of nitrogens with two attached hydrogens (primary N) is 1. The highest BCUT2D eigenvalue weighted by Crippen LogP contribution is 2.31. The van der Waals surface area contributed by atoms with Crippen molar-refractivity contribution in [3.05, 3.63) is 47.1 Å². The molecule has 3 rings (SSSR count). The number of alkyl halides is 2. The van der Waals surface area contributed by atoms with Crippen molar-refractivity contribution in [3.63, 3.8) is 0 Å². The maximum Gasteiger partial charge on any atom is 0.261 e. The summed E-state index contributed by atoms with van der Waals surface area (Å²) in [6.07, 6.45) is 3.47. The maximum atomic E-state index is 13.5. The number of hydrogen-bond donors (Lipinski definition) is 4. The molecule has 1 aromatic rings. The normalized spacial score (nSPS) is 17.7. The number of rotatable bonds is 10. The van der Waals surface area contributed by atoms with E-state index in [1.54, 1.807) is 20.2 Å². The number of carbonyl (C=O) groups is 2.